The fourth-order valence-corrected chi connectivity index (χ4v) is 0. The summed E-state index contributed by atoms with van der Waals surface area (Å²) >= 11 is 0. The van der Waals surface area contributed by atoms with Crippen LogP contribution in [0, 0.1) is 0 Å². The Hall–Kier alpha value is 0.300. The molecule has 2 N–H and O–H groups in total. The molecule has 5 heteroatoms. The molecular formula is CH3AgClO3. The van der Waals surface area contributed by atoms with E-state index < -0.39 is 6.16 Å². The van der Waals surface area contributed by atoms with E-state index in [1.807, 2.05) is 0 Å². The van der Waals surface area contributed by atoms with Gasteiger partial charge in [-0.3, -0.25) is 0 Å². The Balaban J connectivity index is -0.0000000450. The minimum Gasteiger partial charge on any atom is -0.450 e. The molecule has 0 aliphatic heterocycles. The van der Waals surface area contributed by atoms with Crippen molar-refractivity contribution in [3.63, 3.8) is 0 Å². The van der Waals surface area contributed by atoms with Crippen LogP contribution >= 0.6 is 12.4 Å². The van der Waals surface area contributed by atoms with Gasteiger partial charge in [-0.2, -0.15) is 0 Å². The molecule has 0 saturated carbocycles. The summed E-state index contributed by atoms with van der Waals surface area (Å²) in [4.78, 5) is 8.56. The summed E-state index contributed by atoms with van der Waals surface area (Å²) in [5.74, 6) is 0. The maximum absolute atomic E-state index is 8.56. The summed E-state index contributed by atoms with van der Waals surface area (Å²) < 4.78 is 0. The molecule has 0 aromatic heterocycles. The molecule has 0 heterocycles. The Bertz CT molecular complexity index is 33.8. The summed E-state index contributed by atoms with van der Waals surface area (Å²) in [7, 11) is 0. The average Bonchev–Trinajstić information content (AvgIpc) is 0.811. The van der Waals surface area contributed by atoms with E-state index in [0.29, 0.717) is 0 Å². The molecule has 6 heavy (non-hydrogen) atoms. The van der Waals surface area contributed by atoms with Crippen molar-refractivity contribution in [2.75, 3.05) is 0 Å². The maximum Gasteiger partial charge on any atom is 0.503 e. The van der Waals surface area contributed by atoms with E-state index in [-0.39, 0.29) is 34.8 Å². The van der Waals surface area contributed by atoms with Crippen LogP contribution in [0.15, 0.2) is 0 Å². The molecule has 0 aliphatic rings. The van der Waals surface area contributed by atoms with E-state index in [2.05, 4.69) is 0 Å². The molecule has 0 aromatic rings. The predicted octanol–water partition coefficient (Wildman–Crippen LogP) is 0.642. The molecule has 0 fully saturated rings. The molecule has 0 amide bonds. The largest absolute Gasteiger partial charge is 0.503 e. The van der Waals surface area contributed by atoms with Gasteiger partial charge in [0, 0.05) is 22.4 Å². The number of carbonyl (C=O) groups is 1. The van der Waals surface area contributed by atoms with Crippen LogP contribution in [0.1, 0.15) is 0 Å². The summed E-state index contributed by atoms with van der Waals surface area (Å²) in [6.07, 6.45) is -1.83. The molecule has 3 nitrogen and oxygen atoms in total. The molecule has 0 atom stereocenters. The molecule has 0 aliphatic carbocycles. The predicted molar refractivity (Wildman–Crippen MR) is 17.9 cm³/mol. The second-order valence-electron chi connectivity index (χ2n) is 0.283. The van der Waals surface area contributed by atoms with Crippen molar-refractivity contribution in [2.24, 2.45) is 0 Å². The van der Waals surface area contributed by atoms with Crippen molar-refractivity contribution in [2.45, 2.75) is 0 Å². The van der Waals surface area contributed by atoms with Crippen LogP contribution in [0.4, 0.5) is 4.79 Å². The minimum absolute atomic E-state index is 0. The molecule has 43 valence electrons. The quantitative estimate of drug-likeness (QED) is 0.572. The Labute approximate surface area is 56.3 Å². The first-order valence-electron chi connectivity index (χ1n) is 0.651. The van der Waals surface area contributed by atoms with E-state index in [1.165, 1.54) is 0 Å². The maximum atomic E-state index is 8.56. The Morgan fingerprint density at radius 2 is 1.33 bits per heavy atom. The SMILES string of the molecule is Cl.O=C(O)O.[Ag]. The zero-order valence-electron chi connectivity index (χ0n) is 2.51. The molecule has 0 aromatic carbocycles. The van der Waals surface area contributed by atoms with Crippen molar-refractivity contribution < 1.29 is 37.4 Å². The van der Waals surface area contributed by atoms with Gasteiger partial charge in [-0.25, -0.2) is 4.79 Å². The molecule has 0 bridgehead atoms. The Morgan fingerprint density at radius 3 is 1.33 bits per heavy atom. The van der Waals surface area contributed by atoms with Crippen molar-refractivity contribution >= 4 is 18.6 Å². The third-order valence-electron chi connectivity index (χ3n) is 0. The van der Waals surface area contributed by atoms with E-state index in [1.54, 1.807) is 0 Å². The van der Waals surface area contributed by atoms with Gasteiger partial charge >= 0.3 is 6.16 Å². The first-order chi connectivity index (χ1) is 1.73. The third-order valence-corrected chi connectivity index (χ3v) is 0. The molecule has 0 spiro atoms. The Morgan fingerprint density at radius 1 is 1.33 bits per heavy atom. The van der Waals surface area contributed by atoms with Gasteiger partial charge in [0.1, 0.15) is 0 Å². The number of hydrogen-bond donors (Lipinski definition) is 2. The molecule has 1 radical (unpaired) electrons. The van der Waals surface area contributed by atoms with Crippen molar-refractivity contribution in [1.29, 1.82) is 0 Å². The second kappa shape index (κ2) is 9.00. The standard InChI is InChI=1S/CH2O3.Ag.ClH/c2-1(3)4;;/h(H2,2,3,4);;1H. The van der Waals surface area contributed by atoms with Crippen LogP contribution in [0.25, 0.3) is 0 Å². The average molecular weight is 206 g/mol. The van der Waals surface area contributed by atoms with E-state index in [0.717, 1.165) is 0 Å². The number of rotatable bonds is 0. The fourth-order valence-electron chi connectivity index (χ4n) is 0. The van der Waals surface area contributed by atoms with Crippen LogP contribution in [-0.4, -0.2) is 16.4 Å². The fraction of sp³-hybridized carbons (Fsp3) is 0. The second-order valence-corrected chi connectivity index (χ2v) is 0.283. The summed E-state index contributed by atoms with van der Waals surface area (Å²) in [6, 6.07) is 0. The van der Waals surface area contributed by atoms with Gasteiger partial charge in [0.15, 0.2) is 0 Å². The molecular weight excluding hydrogens is 203 g/mol. The molecule has 0 rings (SSSR count). The number of hydrogen-bond acceptors (Lipinski definition) is 1. The summed E-state index contributed by atoms with van der Waals surface area (Å²) in [5.41, 5.74) is 0. The molecule has 0 unspecified atom stereocenters. The van der Waals surface area contributed by atoms with Gasteiger partial charge in [-0.15, -0.1) is 12.4 Å². The van der Waals surface area contributed by atoms with Gasteiger partial charge < -0.3 is 10.2 Å². The smallest absolute Gasteiger partial charge is 0.450 e. The van der Waals surface area contributed by atoms with Crippen LogP contribution < -0.4 is 0 Å². The van der Waals surface area contributed by atoms with E-state index in [9.17, 15) is 0 Å². The van der Waals surface area contributed by atoms with E-state index in [4.69, 9.17) is 15.0 Å². The number of halogens is 1. The van der Waals surface area contributed by atoms with Crippen LogP contribution in [-0.2, 0) is 22.4 Å². The molecule has 0 saturated heterocycles. The van der Waals surface area contributed by atoms with Crippen LogP contribution in [0.3, 0.4) is 0 Å². The van der Waals surface area contributed by atoms with Gasteiger partial charge in [-0.05, 0) is 0 Å². The van der Waals surface area contributed by atoms with Gasteiger partial charge in [0.05, 0.1) is 0 Å². The normalized spacial score (nSPS) is 4.00. The monoisotopic (exact) mass is 205 g/mol. The van der Waals surface area contributed by atoms with Gasteiger partial charge in [0.2, 0.25) is 0 Å². The first kappa shape index (κ1) is 16.3. The Kier molecular flexibility index (Phi) is 24.4. The van der Waals surface area contributed by atoms with Crippen LogP contribution in [0.5, 0.6) is 0 Å². The minimum atomic E-state index is -1.83. The van der Waals surface area contributed by atoms with Crippen LogP contribution in [0.2, 0.25) is 0 Å². The summed E-state index contributed by atoms with van der Waals surface area (Å²) in [6.45, 7) is 0. The van der Waals surface area contributed by atoms with Gasteiger partial charge in [-0.1, -0.05) is 0 Å². The third kappa shape index (κ3) is 520. The van der Waals surface area contributed by atoms with Crippen molar-refractivity contribution in [3.8, 4) is 0 Å². The zero-order chi connectivity index (χ0) is 3.58. The topological polar surface area (TPSA) is 57.5 Å². The first-order valence-corrected chi connectivity index (χ1v) is 0.651. The zero-order valence-corrected chi connectivity index (χ0v) is 4.81. The summed E-state index contributed by atoms with van der Waals surface area (Å²) in [5, 5.41) is 13.9. The number of carboxylic acid groups (broad SMARTS) is 2. The van der Waals surface area contributed by atoms with Crippen molar-refractivity contribution in [3.05, 3.63) is 0 Å². The van der Waals surface area contributed by atoms with Crippen molar-refractivity contribution in [1.82, 2.24) is 0 Å². The van der Waals surface area contributed by atoms with E-state index >= 15 is 0 Å². The van der Waals surface area contributed by atoms with Gasteiger partial charge in [0.25, 0.3) is 0 Å².